The second-order valence-electron chi connectivity index (χ2n) is 6.71. The Morgan fingerprint density at radius 3 is 2.43 bits per heavy atom. The first kappa shape index (κ1) is 17.5. The van der Waals surface area contributed by atoms with E-state index < -0.39 is 5.41 Å². The van der Waals surface area contributed by atoms with Crippen LogP contribution in [0.4, 0.5) is 0 Å². The van der Waals surface area contributed by atoms with Crippen LogP contribution in [0.15, 0.2) is 0 Å². The summed E-state index contributed by atoms with van der Waals surface area (Å²) in [6.07, 6.45) is 1.59. The number of carbonyl (C=O) groups excluding carboxylic acids is 3. The first-order valence-corrected chi connectivity index (χ1v) is 7.41. The molecule has 0 aliphatic carbocycles. The largest absolute Gasteiger partial charge is 0.358 e. The van der Waals surface area contributed by atoms with Crippen LogP contribution in [0.5, 0.6) is 0 Å². The number of amides is 3. The number of rotatable bonds is 3. The van der Waals surface area contributed by atoms with Gasteiger partial charge >= 0.3 is 0 Å². The molecule has 1 unspecified atom stereocenters. The van der Waals surface area contributed by atoms with Gasteiger partial charge in [0.05, 0.1) is 12.5 Å². The van der Waals surface area contributed by atoms with E-state index in [0.29, 0.717) is 13.1 Å². The van der Waals surface area contributed by atoms with E-state index in [1.54, 1.807) is 19.0 Å². The molecular weight excluding hydrogens is 270 g/mol. The van der Waals surface area contributed by atoms with Crippen LogP contribution in [-0.4, -0.2) is 61.3 Å². The lowest BCUT2D eigenvalue weighted by molar-refractivity contribution is -0.146. The molecule has 1 aliphatic rings. The number of likely N-dealkylation sites (N-methyl/N-ethyl adjacent to an activating group) is 2. The fourth-order valence-corrected chi connectivity index (χ4v) is 2.52. The maximum absolute atomic E-state index is 12.4. The van der Waals surface area contributed by atoms with Crippen LogP contribution in [0.3, 0.4) is 0 Å². The molecular formula is C15H27N3O3. The summed E-state index contributed by atoms with van der Waals surface area (Å²) in [4.78, 5) is 39.3. The third-order valence-electron chi connectivity index (χ3n) is 3.74. The third kappa shape index (κ3) is 4.72. The lowest BCUT2D eigenvalue weighted by Crippen LogP contribution is -2.49. The Morgan fingerprint density at radius 1 is 1.29 bits per heavy atom. The predicted octanol–water partition coefficient (Wildman–Crippen LogP) is 0.476. The molecule has 6 heteroatoms. The van der Waals surface area contributed by atoms with Crippen LogP contribution in [-0.2, 0) is 14.4 Å². The maximum Gasteiger partial charge on any atom is 0.239 e. The van der Waals surface area contributed by atoms with Gasteiger partial charge in [-0.3, -0.25) is 14.4 Å². The van der Waals surface area contributed by atoms with E-state index in [1.807, 2.05) is 20.8 Å². The standard InChI is InChI=1S/C15H27N3O3/c1-15(2,3)14(21)18-8-6-7-11(9-18)13(20)17(5)10-12(19)16-4/h11H,6-10H2,1-5H3,(H,16,19). The van der Waals surface area contributed by atoms with Gasteiger partial charge in [-0.15, -0.1) is 0 Å². The molecule has 0 aromatic carbocycles. The highest BCUT2D eigenvalue weighted by atomic mass is 16.2. The van der Waals surface area contributed by atoms with E-state index in [2.05, 4.69) is 5.32 Å². The Bertz CT molecular complexity index is 415. The summed E-state index contributed by atoms with van der Waals surface area (Å²) in [6.45, 7) is 6.88. The molecule has 1 aliphatic heterocycles. The summed E-state index contributed by atoms with van der Waals surface area (Å²) in [6, 6.07) is 0. The molecule has 0 spiro atoms. The van der Waals surface area contributed by atoms with Crippen LogP contribution in [0.1, 0.15) is 33.6 Å². The summed E-state index contributed by atoms with van der Waals surface area (Å²) in [5.41, 5.74) is -0.432. The number of carbonyl (C=O) groups is 3. The van der Waals surface area contributed by atoms with Crippen molar-refractivity contribution in [2.75, 3.05) is 33.7 Å². The SMILES string of the molecule is CNC(=O)CN(C)C(=O)C1CCCN(C(=O)C(C)(C)C)C1. The fraction of sp³-hybridized carbons (Fsp3) is 0.800. The minimum Gasteiger partial charge on any atom is -0.358 e. The summed E-state index contributed by atoms with van der Waals surface area (Å²) in [7, 11) is 3.17. The molecule has 0 saturated carbocycles. The van der Waals surface area contributed by atoms with E-state index in [9.17, 15) is 14.4 Å². The van der Waals surface area contributed by atoms with Crippen molar-refractivity contribution in [3.63, 3.8) is 0 Å². The molecule has 0 aromatic heterocycles. The topological polar surface area (TPSA) is 69.7 Å². The van der Waals surface area contributed by atoms with Gasteiger partial charge < -0.3 is 15.1 Å². The number of nitrogens with one attached hydrogen (secondary N) is 1. The van der Waals surface area contributed by atoms with Crippen molar-refractivity contribution in [1.29, 1.82) is 0 Å². The van der Waals surface area contributed by atoms with Gasteiger partial charge in [0.15, 0.2) is 0 Å². The number of hydrogen-bond acceptors (Lipinski definition) is 3. The average Bonchev–Trinajstić information content (AvgIpc) is 2.44. The zero-order chi connectivity index (χ0) is 16.2. The zero-order valence-corrected chi connectivity index (χ0v) is 13.7. The highest BCUT2D eigenvalue weighted by Gasteiger charge is 2.34. The van der Waals surface area contributed by atoms with E-state index in [4.69, 9.17) is 0 Å². The second kappa shape index (κ2) is 6.91. The fourth-order valence-electron chi connectivity index (χ4n) is 2.52. The summed E-state index contributed by atoms with van der Waals surface area (Å²) in [5.74, 6) is -0.386. The van der Waals surface area contributed by atoms with Gasteiger partial charge in [-0.2, -0.15) is 0 Å². The zero-order valence-electron chi connectivity index (χ0n) is 13.7. The van der Waals surface area contributed by atoms with Crippen molar-refractivity contribution in [1.82, 2.24) is 15.1 Å². The van der Waals surface area contributed by atoms with Crippen molar-refractivity contribution in [2.24, 2.45) is 11.3 Å². The van der Waals surface area contributed by atoms with Gasteiger partial charge in [0.2, 0.25) is 17.7 Å². The molecule has 1 fully saturated rings. The number of likely N-dealkylation sites (tertiary alicyclic amines) is 1. The molecule has 1 atom stereocenters. The highest BCUT2D eigenvalue weighted by molar-refractivity contribution is 5.87. The Morgan fingerprint density at radius 2 is 1.90 bits per heavy atom. The van der Waals surface area contributed by atoms with Crippen LogP contribution in [0.25, 0.3) is 0 Å². The molecule has 0 bridgehead atoms. The molecule has 0 aromatic rings. The van der Waals surface area contributed by atoms with Gasteiger partial charge in [-0.25, -0.2) is 0 Å². The molecule has 0 radical (unpaired) electrons. The molecule has 1 saturated heterocycles. The number of nitrogens with zero attached hydrogens (tertiary/aromatic N) is 2. The van der Waals surface area contributed by atoms with E-state index in [-0.39, 0.29) is 30.2 Å². The first-order valence-electron chi connectivity index (χ1n) is 7.41. The summed E-state index contributed by atoms with van der Waals surface area (Å²) >= 11 is 0. The van der Waals surface area contributed by atoms with Crippen LogP contribution in [0.2, 0.25) is 0 Å². The van der Waals surface area contributed by atoms with E-state index in [1.165, 1.54) is 4.90 Å². The Labute approximate surface area is 126 Å². The summed E-state index contributed by atoms with van der Waals surface area (Å²) < 4.78 is 0. The quantitative estimate of drug-likeness (QED) is 0.823. The Balaban J connectivity index is 2.65. The van der Waals surface area contributed by atoms with E-state index in [0.717, 1.165) is 12.8 Å². The smallest absolute Gasteiger partial charge is 0.239 e. The van der Waals surface area contributed by atoms with Crippen molar-refractivity contribution >= 4 is 17.7 Å². The number of hydrogen-bond donors (Lipinski definition) is 1. The normalized spacial score (nSPS) is 19.1. The van der Waals surface area contributed by atoms with Gasteiger partial charge in [0.25, 0.3) is 0 Å². The van der Waals surface area contributed by atoms with E-state index >= 15 is 0 Å². The molecule has 1 heterocycles. The van der Waals surface area contributed by atoms with Crippen molar-refractivity contribution in [3.05, 3.63) is 0 Å². The van der Waals surface area contributed by atoms with Crippen molar-refractivity contribution in [3.8, 4) is 0 Å². The average molecular weight is 297 g/mol. The molecule has 1 rings (SSSR count). The molecule has 1 N–H and O–H groups in total. The van der Waals surface area contributed by atoms with Gasteiger partial charge in [-0.1, -0.05) is 20.8 Å². The second-order valence-corrected chi connectivity index (χ2v) is 6.71. The van der Waals surface area contributed by atoms with Crippen molar-refractivity contribution in [2.45, 2.75) is 33.6 Å². The third-order valence-corrected chi connectivity index (χ3v) is 3.74. The molecule has 120 valence electrons. The molecule has 3 amide bonds. The molecule has 6 nitrogen and oxygen atoms in total. The minimum absolute atomic E-state index is 0.0546. The lowest BCUT2D eigenvalue weighted by atomic mass is 9.90. The van der Waals surface area contributed by atoms with Crippen LogP contribution >= 0.6 is 0 Å². The monoisotopic (exact) mass is 297 g/mol. The van der Waals surface area contributed by atoms with Crippen LogP contribution < -0.4 is 5.32 Å². The van der Waals surface area contributed by atoms with Gasteiger partial charge in [-0.05, 0) is 12.8 Å². The number of piperidine rings is 1. The Kier molecular flexibility index (Phi) is 5.75. The van der Waals surface area contributed by atoms with Gasteiger partial charge in [0, 0.05) is 32.6 Å². The van der Waals surface area contributed by atoms with Crippen molar-refractivity contribution < 1.29 is 14.4 Å². The predicted molar refractivity (Wildman–Crippen MR) is 80.5 cm³/mol. The highest BCUT2D eigenvalue weighted by Crippen LogP contribution is 2.24. The first-order chi connectivity index (χ1) is 9.66. The summed E-state index contributed by atoms with van der Waals surface area (Å²) in [5, 5.41) is 2.50. The van der Waals surface area contributed by atoms with Gasteiger partial charge in [0.1, 0.15) is 0 Å². The minimum atomic E-state index is -0.432. The Hall–Kier alpha value is -1.59. The lowest BCUT2D eigenvalue weighted by Gasteiger charge is -2.37. The van der Waals surface area contributed by atoms with Crippen LogP contribution in [0, 0.1) is 11.3 Å². The molecule has 21 heavy (non-hydrogen) atoms. The maximum atomic E-state index is 12.4.